The summed E-state index contributed by atoms with van der Waals surface area (Å²) in [6.07, 6.45) is 0.319. The van der Waals surface area contributed by atoms with Gasteiger partial charge in [0, 0.05) is 12.5 Å². The highest BCUT2D eigenvalue weighted by molar-refractivity contribution is 5.85. The second-order valence-electron chi connectivity index (χ2n) is 6.86. The molecule has 0 aliphatic carbocycles. The molecule has 0 aromatic heterocycles. The molecule has 1 heterocycles. The van der Waals surface area contributed by atoms with E-state index in [2.05, 4.69) is 36.6 Å². The molecule has 3 nitrogen and oxygen atoms in total. The minimum Gasteiger partial charge on any atom is -0.352 e. The number of amides is 1. The molecular weight excluding hydrogens is 322 g/mol. The number of halogens is 3. The monoisotopic (exact) mass is 346 g/mol. The summed E-state index contributed by atoms with van der Waals surface area (Å²) in [5.41, 5.74) is 1.10. The largest absolute Gasteiger partial charge is 0.352 e. The number of rotatable bonds is 5. The summed E-state index contributed by atoms with van der Waals surface area (Å²) >= 11 is 0. The van der Waals surface area contributed by atoms with Crippen molar-refractivity contribution >= 4 is 18.3 Å². The molecule has 0 spiro atoms. The summed E-state index contributed by atoms with van der Waals surface area (Å²) in [6.45, 7) is 5.73. The molecule has 130 valence electrons. The Morgan fingerprint density at radius 1 is 1.39 bits per heavy atom. The molecule has 1 aromatic rings. The van der Waals surface area contributed by atoms with E-state index in [1.165, 1.54) is 5.56 Å². The zero-order valence-corrected chi connectivity index (χ0v) is 14.6. The maximum absolute atomic E-state index is 13.1. The van der Waals surface area contributed by atoms with Gasteiger partial charge < -0.3 is 5.32 Å². The van der Waals surface area contributed by atoms with Crippen molar-refractivity contribution in [2.75, 3.05) is 6.54 Å². The fourth-order valence-corrected chi connectivity index (χ4v) is 3.07. The summed E-state index contributed by atoms with van der Waals surface area (Å²) in [5.74, 6) is -3.12. The van der Waals surface area contributed by atoms with Gasteiger partial charge in [-0.3, -0.25) is 10.1 Å². The summed E-state index contributed by atoms with van der Waals surface area (Å²) in [6, 6.07) is 9.20. The first kappa shape index (κ1) is 19.8. The van der Waals surface area contributed by atoms with Crippen LogP contribution in [-0.4, -0.2) is 30.5 Å². The van der Waals surface area contributed by atoms with Crippen LogP contribution in [0.25, 0.3) is 0 Å². The van der Waals surface area contributed by atoms with Gasteiger partial charge in [-0.15, -0.1) is 12.4 Å². The van der Waals surface area contributed by atoms with E-state index in [0.29, 0.717) is 0 Å². The molecule has 1 amide bonds. The first-order chi connectivity index (χ1) is 10.2. The third-order valence-electron chi connectivity index (χ3n) is 4.19. The van der Waals surface area contributed by atoms with E-state index in [9.17, 15) is 13.6 Å². The molecule has 1 saturated heterocycles. The average molecular weight is 347 g/mol. The fourth-order valence-electron chi connectivity index (χ4n) is 3.07. The lowest BCUT2D eigenvalue weighted by molar-refractivity contribution is -0.124. The van der Waals surface area contributed by atoms with Crippen molar-refractivity contribution in [3.63, 3.8) is 0 Å². The zero-order chi connectivity index (χ0) is 16.4. The van der Waals surface area contributed by atoms with E-state index in [1.54, 1.807) is 0 Å². The van der Waals surface area contributed by atoms with Gasteiger partial charge in [0.05, 0.1) is 12.6 Å². The normalized spacial score (nSPS) is 21.3. The van der Waals surface area contributed by atoms with Crippen LogP contribution in [0.2, 0.25) is 0 Å². The summed E-state index contributed by atoms with van der Waals surface area (Å²) < 4.78 is 26.3. The standard InChI is InChI=1S/C17H24F2N2O.ClH/c1-12(9-16(2,3)13-7-5-4-6-8-13)21-15(22)14-10-17(18,19)11-20-14;/h4-8,12,14,20H,9-11H2,1-3H3,(H,21,22);1H. The number of carbonyl (C=O) groups excluding carboxylic acids is 1. The maximum atomic E-state index is 13.1. The molecule has 1 aromatic carbocycles. The number of nitrogens with one attached hydrogen (secondary N) is 2. The quantitative estimate of drug-likeness (QED) is 0.859. The highest BCUT2D eigenvalue weighted by Crippen LogP contribution is 2.29. The predicted octanol–water partition coefficient (Wildman–Crippen LogP) is 3.28. The van der Waals surface area contributed by atoms with E-state index < -0.39 is 24.9 Å². The lowest BCUT2D eigenvalue weighted by atomic mass is 9.79. The lowest BCUT2D eigenvalue weighted by Crippen LogP contribution is -2.45. The number of carbonyl (C=O) groups is 1. The molecule has 0 bridgehead atoms. The summed E-state index contributed by atoms with van der Waals surface area (Å²) in [5, 5.41) is 5.44. The Morgan fingerprint density at radius 2 is 2.00 bits per heavy atom. The molecule has 0 radical (unpaired) electrons. The molecule has 1 aliphatic rings. The average Bonchev–Trinajstić information content (AvgIpc) is 2.79. The highest BCUT2D eigenvalue weighted by atomic mass is 35.5. The van der Waals surface area contributed by atoms with Gasteiger partial charge in [-0.1, -0.05) is 44.2 Å². The zero-order valence-electron chi connectivity index (χ0n) is 13.7. The number of hydrogen-bond donors (Lipinski definition) is 2. The van der Waals surface area contributed by atoms with E-state index in [-0.39, 0.29) is 29.8 Å². The number of alkyl halides is 2. The van der Waals surface area contributed by atoms with Crippen molar-refractivity contribution < 1.29 is 13.6 Å². The Labute approximate surface area is 142 Å². The van der Waals surface area contributed by atoms with E-state index >= 15 is 0 Å². The minimum atomic E-state index is -2.78. The molecule has 2 unspecified atom stereocenters. The van der Waals surface area contributed by atoms with Crippen molar-refractivity contribution in [1.29, 1.82) is 0 Å². The first-order valence-electron chi connectivity index (χ1n) is 7.67. The minimum absolute atomic E-state index is 0. The Balaban J connectivity index is 0.00000264. The van der Waals surface area contributed by atoms with Gasteiger partial charge in [-0.05, 0) is 24.3 Å². The second-order valence-corrected chi connectivity index (χ2v) is 6.86. The molecule has 0 saturated carbocycles. The van der Waals surface area contributed by atoms with Gasteiger partial charge in [-0.2, -0.15) is 0 Å². The van der Waals surface area contributed by atoms with Gasteiger partial charge in [0.25, 0.3) is 5.92 Å². The van der Waals surface area contributed by atoms with E-state index in [1.807, 2.05) is 25.1 Å². The summed E-state index contributed by atoms with van der Waals surface area (Å²) in [4.78, 5) is 12.1. The van der Waals surface area contributed by atoms with Gasteiger partial charge in [-0.25, -0.2) is 8.78 Å². The predicted molar refractivity (Wildman–Crippen MR) is 90.3 cm³/mol. The van der Waals surface area contributed by atoms with Crippen LogP contribution in [0.1, 0.15) is 39.2 Å². The van der Waals surface area contributed by atoms with Crippen LogP contribution in [0.3, 0.4) is 0 Å². The van der Waals surface area contributed by atoms with Gasteiger partial charge >= 0.3 is 0 Å². The van der Waals surface area contributed by atoms with Crippen LogP contribution in [0.15, 0.2) is 30.3 Å². The van der Waals surface area contributed by atoms with E-state index in [4.69, 9.17) is 0 Å². The summed E-state index contributed by atoms with van der Waals surface area (Å²) in [7, 11) is 0. The molecule has 6 heteroatoms. The third-order valence-corrected chi connectivity index (χ3v) is 4.19. The smallest absolute Gasteiger partial charge is 0.262 e. The molecule has 2 rings (SSSR count). The van der Waals surface area contributed by atoms with Crippen molar-refractivity contribution in [3.05, 3.63) is 35.9 Å². The molecule has 23 heavy (non-hydrogen) atoms. The van der Waals surface area contributed by atoms with Crippen LogP contribution in [0.5, 0.6) is 0 Å². The van der Waals surface area contributed by atoms with Crippen molar-refractivity contribution in [2.24, 2.45) is 0 Å². The van der Waals surface area contributed by atoms with Gasteiger partial charge in [0.2, 0.25) is 5.91 Å². The van der Waals surface area contributed by atoms with Crippen LogP contribution >= 0.6 is 12.4 Å². The second kappa shape index (κ2) is 7.58. The number of hydrogen-bond acceptors (Lipinski definition) is 2. The Hall–Kier alpha value is -1.20. The number of benzene rings is 1. The Kier molecular flexibility index (Phi) is 6.54. The van der Waals surface area contributed by atoms with Gasteiger partial charge in [0.1, 0.15) is 0 Å². The topological polar surface area (TPSA) is 41.1 Å². The molecule has 1 aliphatic heterocycles. The maximum Gasteiger partial charge on any atom is 0.262 e. The molecule has 1 fully saturated rings. The highest BCUT2D eigenvalue weighted by Gasteiger charge is 2.42. The molecule has 2 N–H and O–H groups in total. The third kappa shape index (κ3) is 5.43. The van der Waals surface area contributed by atoms with Crippen LogP contribution < -0.4 is 10.6 Å². The van der Waals surface area contributed by atoms with E-state index in [0.717, 1.165) is 6.42 Å². The SMILES string of the molecule is CC(CC(C)(C)c1ccccc1)NC(=O)C1CC(F)(F)CN1.Cl. The first-order valence-corrected chi connectivity index (χ1v) is 7.67. The van der Waals surface area contributed by atoms with Crippen LogP contribution in [-0.2, 0) is 10.2 Å². The fraction of sp³-hybridized carbons (Fsp3) is 0.588. The van der Waals surface area contributed by atoms with Crippen molar-refractivity contribution in [3.8, 4) is 0 Å². The van der Waals surface area contributed by atoms with Crippen molar-refractivity contribution in [2.45, 2.75) is 57.0 Å². The van der Waals surface area contributed by atoms with Gasteiger partial charge in [0.15, 0.2) is 0 Å². The molecule has 2 atom stereocenters. The Bertz CT molecular complexity index is 523. The lowest BCUT2D eigenvalue weighted by Gasteiger charge is -2.29. The Morgan fingerprint density at radius 3 is 2.52 bits per heavy atom. The van der Waals surface area contributed by atoms with Crippen LogP contribution in [0, 0.1) is 0 Å². The molecular formula is C17H25ClF2N2O. The van der Waals surface area contributed by atoms with Crippen molar-refractivity contribution in [1.82, 2.24) is 10.6 Å². The van der Waals surface area contributed by atoms with Crippen LogP contribution in [0.4, 0.5) is 8.78 Å².